The number of benzene rings is 5. The Bertz CT molecular complexity index is 2240. The zero-order chi connectivity index (χ0) is 32.2. The summed E-state index contributed by atoms with van der Waals surface area (Å²) in [5.74, 6) is -1.25. The van der Waals surface area contributed by atoms with Gasteiger partial charge in [-0.15, -0.1) is 0 Å². The SMILES string of the molecule is O=C(c1ccccc1)N(C(=O)c1ccccc1)n1c(/C=C/c2cn(-c3ccccc3)nc2-c2ccccc2)nc2ccccc2c1=O. The minimum absolute atomic E-state index is 0.0914. The van der Waals surface area contributed by atoms with E-state index in [2.05, 4.69) is 0 Å². The fraction of sp³-hybridized carbons (Fsp3) is 0. The fourth-order valence-corrected chi connectivity index (χ4v) is 5.33. The normalized spacial score (nSPS) is 11.1. The summed E-state index contributed by atoms with van der Waals surface area (Å²) in [6, 6.07) is 43.1. The first-order valence-corrected chi connectivity index (χ1v) is 15.0. The second kappa shape index (κ2) is 12.7. The van der Waals surface area contributed by atoms with Crippen molar-refractivity contribution in [3.05, 3.63) is 185 Å². The van der Waals surface area contributed by atoms with Gasteiger partial charge in [0.05, 0.1) is 22.3 Å². The van der Waals surface area contributed by atoms with Crippen molar-refractivity contribution in [1.29, 1.82) is 0 Å². The molecule has 8 nitrogen and oxygen atoms in total. The van der Waals surface area contributed by atoms with Crippen molar-refractivity contribution in [2.45, 2.75) is 0 Å². The van der Waals surface area contributed by atoms with Gasteiger partial charge < -0.3 is 0 Å². The number of hydrogen-bond acceptors (Lipinski definition) is 5. The Hall–Kier alpha value is -6.67. The monoisotopic (exact) mass is 613 g/mol. The third-order valence-electron chi connectivity index (χ3n) is 7.63. The lowest BCUT2D eigenvalue weighted by molar-refractivity contribution is 0.0853. The van der Waals surface area contributed by atoms with Crippen LogP contribution in [0.1, 0.15) is 32.1 Å². The highest BCUT2D eigenvalue weighted by Crippen LogP contribution is 2.26. The molecule has 0 unspecified atom stereocenters. The smallest absolute Gasteiger partial charge is 0.267 e. The first kappa shape index (κ1) is 29.1. The van der Waals surface area contributed by atoms with Crippen LogP contribution in [0.2, 0.25) is 0 Å². The maximum atomic E-state index is 14.3. The molecule has 5 aromatic carbocycles. The number of carbonyl (C=O) groups is 2. The van der Waals surface area contributed by atoms with E-state index in [1.165, 1.54) is 0 Å². The highest BCUT2D eigenvalue weighted by atomic mass is 16.2. The molecule has 0 fully saturated rings. The van der Waals surface area contributed by atoms with Crippen molar-refractivity contribution in [2.24, 2.45) is 0 Å². The largest absolute Gasteiger partial charge is 0.281 e. The van der Waals surface area contributed by atoms with E-state index in [0.717, 1.165) is 26.5 Å². The Morgan fingerprint density at radius 2 is 1.15 bits per heavy atom. The number of amides is 2. The number of hydrogen-bond donors (Lipinski definition) is 0. The lowest BCUT2D eigenvalue weighted by atomic mass is 10.1. The molecule has 0 bridgehead atoms. The summed E-state index contributed by atoms with van der Waals surface area (Å²) in [5.41, 5.74) is 3.55. The second-order valence-electron chi connectivity index (χ2n) is 10.7. The summed E-state index contributed by atoms with van der Waals surface area (Å²) in [7, 11) is 0. The molecule has 7 aromatic rings. The van der Waals surface area contributed by atoms with Crippen molar-refractivity contribution in [3.8, 4) is 16.9 Å². The van der Waals surface area contributed by atoms with Gasteiger partial charge in [0.15, 0.2) is 5.82 Å². The summed E-state index contributed by atoms with van der Waals surface area (Å²) in [5, 5.41) is 6.02. The highest BCUT2D eigenvalue weighted by molar-refractivity contribution is 6.21. The van der Waals surface area contributed by atoms with Crippen molar-refractivity contribution >= 4 is 34.9 Å². The van der Waals surface area contributed by atoms with Crippen LogP contribution in [0.4, 0.5) is 0 Å². The van der Waals surface area contributed by atoms with Crippen LogP contribution in [0, 0.1) is 0 Å². The van der Waals surface area contributed by atoms with Gasteiger partial charge in [0.1, 0.15) is 0 Å². The van der Waals surface area contributed by atoms with Gasteiger partial charge in [-0.3, -0.25) is 14.4 Å². The number of rotatable bonds is 7. The van der Waals surface area contributed by atoms with Crippen molar-refractivity contribution in [2.75, 3.05) is 5.01 Å². The molecule has 0 saturated carbocycles. The van der Waals surface area contributed by atoms with Crippen molar-refractivity contribution < 1.29 is 9.59 Å². The maximum absolute atomic E-state index is 14.3. The quantitative estimate of drug-likeness (QED) is 0.180. The van der Waals surface area contributed by atoms with Crippen LogP contribution in [0.15, 0.2) is 157 Å². The fourth-order valence-electron chi connectivity index (χ4n) is 5.33. The van der Waals surface area contributed by atoms with Gasteiger partial charge in [0.2, 0.25) is 0 Å². The molecule has 0 spiro atoms. The molecular formula is C39H27N5O3. The van der Waals surface area contributed by atoms with Crippen molar-refractivity contribution in [3.63, 3.8) is 0 Å². The molecule has 47 heavy (non-hydrogen) atoms. The molecule has 0 aliphatic heterocycles. The molecule has 2 aromatic heterocycles. The molecule has 0 atom stereocenters. The minimum atomic E-state index is -0.671. The van der Waals surface area contributed by atoms with Gasteiger partial charge in [0, 0.05) is 28.5 Å². The zero-order valence-corrected chi connectivity index (χ0v) is 25.0. The van der Waals surface area contributed by atoms with E-state index in [1.807, 2.05) is 66.9 Å². The topological polar surface area (TPSA) is 90.1 Å². The predicted octanol–water partition coefficient (Wildman–Crippen LogP) is 7.04. The van der Waals surface area contributed by atoms with Gasteiger partial charge >= 0.3 is 0 Å². The third-order valence-corrected chi connectivity index (χ3v) is 7.63. The van der Waals surface area contributed by atoms with Crippen LogP contribution in [0.25, 0.3) is 40.0 Å². The number of fused-ring (bicyclic) bond motifs is 1. The van der Waals surface area contributed by atoms with Crippen LogP contribution in [0.5, 0.6) is 0 Å². The average molecular weight is 614 g/mol. The molecule has 2 amide bonds. The third kappa shape index (κ3) is 5.79. The summed E-state index contributed by atoms with van der Waals surface area (Å²) in [6.45, 7) is 0. The molecule has 226 valence electrons. The molecule has 2 heterocycles. The number of imide groups is 1. The molecule has 8 heteroatoms. The summed E-state index contributed by atoms with van der Waals surface area (Å²) in [6.07, 6.45) is 5.32. The van der Waals surface area contributed by atoms with E-state index >= 15 is 0 Å². The lowest BCUT2D eigenvalue weighted by Crippen LogP contribution is -2.51. The molecule has 7 rings (SSSR count). The van der Waals surface area contributed by atoms with E-state index in [4.69, 9.17) is 10.1 Å². The Balaban J connectivity index is 1.44. The molecule has 0 saturated heterocycles. The van der Waals surface area contributed by atoms with Gasteiger partial charge in [0.25, 0.3) is 17.4 Å². The number of nitrogens with zero attached hydrogens (tertiary/aromatic N) is 5. The van der Waals surface area contributed by atoms with Crippen molar-refractivity contribution in [1.82, 2.24) is 19.4 Å². The Kier molecular flexibility index (Phi) is 7.88. The Labute approximate surface area is 270 Å². The van der Waals surface area contributed by atoms with Crippen LogP contribution < -0.4 is 10.6 Å². The summed E-state index contributed by atoms with van der Waals surface area (Å²) in [4.78, 5) is 47.4. The van der Waals surface area contributed by atoms with Gasteiger partial charge in [-0.25, -0.2) is 9.67 Å². The number of para-hydroxylation sites is 2. The number of aromatic nitrogens is 4. The van der Waals surface area contributed by atoms with E-state index in [1.54, 1.807) is 102 Å². The second-order valence-corrected chi connectivity index (χ2v) is 10.7. The maximum Gasteiger partial charge on any atom is 0.281 e. The standard InChI is InChI=1S/C39H27N5O3/c45-37(29-17-7-2-8-18-29)44(38(46)30-19-9-3-10-20-30)43-35(40-34-24-14-13-23-33(34)39(43)47)26-25-31-27-42(32-21-11-4-12-22-32)41-36(31)28-15-5-1-6-16-28/h1-27H/b26-25+. The Morgan fingerprint density at radius 1 is 0.617 bits per heavy atom. The van der Waals surface area contributed by atoms with E-state index in [9.17, 15) is 14.4 Å². The summed E-state index contributed by atoms with van der Waals surface area (Å²) < 4.78 is 2.85. The Morgan fingerprint density at radius 3 is 1.77 bits per heavy atom. The zero-order valence-electron chi connectivity index (χ0n) is 25.0. The van der Waals surface area contributed by atoms with E-state index in [-0.39, 0.29) is 22.3 Å². The molecular weight excluding hydrogens is 586 g/mol. The average Bonchev–Trinajstić information content (AvgIpc) is 3.57. The van der Waals surface area contributed by atoms with Crippen LogP contribution in [-0.4, -0.2) is 31.3 Å². The number of carbonyl (C=O) groups excluding carboxylic acids is 2. The van der Waals surface area contributed by atoms with E-state index in [0.29, 0.717) is 11.2 Å². The van der Waals surface area contributed by atoms with E-state index < -0.39 is 17.4 Å². The van der Waals surface area contributed by atoms with Crippen LogP contribution in [-0.2, 0) is 0 Å². The van der Waals surface area contributed by atoms with Gasteiger partial charge in [-0.1, -0.05) is 97.1 Å². The predicted molar refractivity (Wildman–Crippen MR) is 184 cm³/mol. The lowest BCUT2D eigenvalue weighted by Gasteiger charge is -2.24. The van der Waals surface area contributed by atoms with Gasteiger partial charge in [-0.2, -0.15) is 14.8 Å². The summed E-state index contributed by atoms with van der Waals surface area (Å²) >= 11 is 0. The highest BCUT2D eigenvalue weighted by Gasteiger charge is 2.30. The van der Waals surface area contributed by atoms with Gasteiger partial charge in [-0.05, 0) is 60.7 Å². The first-order chi connectivity index (χ1) is 23.1. The van der Waals surface area contributed by atoms with Crippen LogP contribution in [0.3, 0.4) is 0 Å². The minimum Gasteiger partial charge on any atom is -0.267 e. The first-order valence-electron chi connectivity index (χ1n) is 15.0. The molecule has 0 aliphatic rings. The molecule has 0 aliphatic carbocycles. The van der Waals surface area contributed by atoms with Crippen LogP contribution >= 0.6 is 0 Å². The molecule has 0 N–H and O–H groups in total. The molecule has 0 radical (unpaired) electrons.